The van der Waals surface area contributed by atoms with Crippen LogP contribution in [0, 0.1) is 0 Å². The Bertz CT molecular complexity index is 1260. The lowest BCUT2D eigenvalue weighted by atomic mass is 9.98. The topological polar surface area (TPSA) is 130 Å². The van der Waals surface area contributed by atoms with Gasteiger partial charge in [0, 0.05) is 12.1 Å². The van der Waals surface area contributed by atoms with E-state index in [2.05, 4.69) is 25.6 Å². The van der Waals surface area contributed by atoms with E-state index in [0.717, 1.165) is 28.0 Å². The van der Waals surface area contributed by atoms with Crippen LogP contribution >= 0.6 is 11.8 Å². The molecule has 2 aromatic carbocycles. The highest BCUT2D eigenvalue weighted by Crippen LogP contribution is 2.32. The number of nitrogens with zero attached hydrogens (tertiary/aromatic N) is 5. The Morgan fingerprint density at radius 1 is 1.12 bits per heavy atom. The van der Waals surface area contributed by atoms with Crippen LogP contribution in [0.3, 0.4) is 0 Å². The summed E-state index contributed by atoms with van der Waals surface area (Å²) in [4.78, 5) is 16.1. The van der Waals surface area contributed by atoms with Crippen molar-refractivity contribution in [3.63, 3.8) is 0 Å². The van der Waals surface area contributed by atoms with Crippen molar-refractivity contribution in [3.8, 4) is 22.5 Å². The number of aliphatic hydroxyl groups is 1. The fraction of sp³-hybridized carbons (Fsp3) is 0.261. The molecule has 0 atom stereocenters. The smallest absolute Gasteiger partial charge is 0.356 e. The van der Waals surface area contributed by atoms with Gasteiger partial charge in [0.15, 0.2) is 10.9 Å². The van der Waals surface area contributed by atoms with E-state index >= 15 is 0 Å². The van der Waals surface area contributed by atoms with Gasteiger partial charge in [-0.25, -0.2) is 9.78 Å². The van der Waals surface area contributed by atoms with E-state index in [1.54, 1.807) is 18.4 Å². The highest BCUT2D eigenvalue weighted by molar-refractivity contribution is 7.99. The number of H-pyrrole nitrogens is 1. The van der Waals surface area contributed by atoms with Crippen LogP contribution in [-0.4, -0.2) is 52.1 Å². The Hall–Kier alpha value is -3.50. The number of carboxylic acid groups (broad SMARTS) is 1. The highest BCUT2D eigenvalue weighted by atomic mass is 32.2. The molecule has 0 aliphatic heterocycles. The summed E-state index contributed by atoms with van der Waals surface area (Å²) in [6.07, 6.45) is 0. The number of aromatic nitrogens is 6. The van der Waals surface area contributed by atoms with E-state index in [4.69, 9.17) is 0 Å². The van der Waals surface area contributed by atoms with Gasteiger partial charge in [-0.3, -0.25) is 0 Å². The molecule has 0 saturated carbocycles. The number of imidazole rings is 1. The molecule has 0 spiro atoms. The number of nitrogens with one attached hydrogen (secondary N) is 1. The van der Waals surface area contributed by atoms with Crippen molar-refractivity contribution >= 4 is 17.7 Å². The van der Waals surface area contributed by atoms with Crippen molar-refractivity contribution in [2.45, 2.75) is 38.1 Å². The van der Waals surface area contributed by atoms with Gasteiger partial charge in [-0.15, -0.1) is 10.2 Å². The van der Waals surface area contributed by atoms with E-state index < -0.39 is 11.6 Å². The summed E-state index contributed by atoms with van der Waals surface area (Å²) in [5, 5.41) is 35.3. The standard InChI is InChI=1S/C23H24N6O3S/c1-4-33-22-24-18(21(30)31)19(23(2,3)32)29(22)13-14-9-11-15(12-10-14)16-7-5-6-8-17(16)20-25-27-28-26-20/h5-12,32H,4,13H2,1-3H3,(H,30,31)(H,25,26,27,28). The SMILES string of the molecule is CCSc1nc(C(=O)O)c(C(C)(C)O)n1Cc1ccc(-c2ccccc2-c2nn[nH]n2)cc1. The predicted octanol–water partition coefficient (Wildman–Crippen LogP) is 3.82. The van der Waals surface area contributed by atoms with Crippen molar-refractivity contribution in [3.05, 3.63) is 65.5 Å². The number of benzene rings is 2. The van der Waals surface area contributed by atoms with E-state index in [1.165, 1.54) is 11.8 Å². The zero-order valence-electron chi connectivity index (χ0n) is 18.5. The normalized spacial score (nSPS) is 11.6. The Kier molecular flexibility index (Phi) is 6.30. The Morgan fingerprint density at radius 3 is 2.39 bits per heavy atom. The molecule has 2 heterocycles. The molecule has 170 valence electrons. The van der Waals surface area contributed by atoms with Crippen LogP contribution in [0.2, 0.25) is 0 Å². The minimum atomic E-state index is -1.36. The molecule has 3 N–H and O–H groups in total. The second-order valence-electron chi connectivity index (χ2n) is 7.95. The number of aromatic carboxylic acids is 1. The first kappa shape index (κ1) is 22.7. The minimum absolute atomic E-state index is 0.121. The van der Waals surface area contributed by atoms with Gasteiger partial charge < -0.3 is 14.8 Å². The van der Waals surface area contributed by atoms with Gasteiger partial charge in [0.05, 0.1) is 5.69 Å². The van der Waals surface area contributed by atoms with Gasteiger partial charge in [0.25, 0.3) is 0 Å². The summed E-state index contributed by atoms with van der Waals surface area (Å²) in [5.41, 5.74) is 2.58. The maximum absolute atomic E-state index is 11.8. The molecule has 2 aromatic heterocycles. The molecule has 10 heteroatoms. The molecule has 9 nitrogen and oxygen atoms in total. The summed E-state index contributed by atoms with van der Waals surface area (Å²) in [5.74, 6) is 0.0929. The van der Waals surface area contributed by atoms with Gasteiger partial charge in [-0.2, -0.15) is 5.21 Å². The largest absolute Gasteiger partial charge is 0.476 e. The summed E-state index contributed by atoms with van der Waals surface area (Å²) in [6.45, 7) is 5.51. The minimum Gasteiger partial charge on any atom is -0.476 e. The third-order valence-corrected chi connectivity index (χ3v) is 5.97. The maximum Gasteiger partial charge on any atom is 0.356 e. The van der Waals surface area contributed by atoms with Crippen molar-refractivity contribution < 1.29 is 15.0 Å². The summed E-state index contributed by atoms with van der Waals surface area (Å²) >= 11 is 1.44. The van der Waals surface area contributed by atoms with Crippen molar-refractivity contribution in [1.82, 2.24) is 30.2 Å². The second-order valence-corrected chi connectivity index (χ2v) is 9.18. The summed E-state index contributed by atoms with van der Waals surface area (Å²) in [7, 11) is 0. The van der Waals surface area contributed by atoms with Crippen molar-refractivity contribution in [2.24, 2.45) is 0 Å². The molecule has 33 heavy (non-hydrogen) atoms. The lowest BCUT2D eigenvalue weighted by Crippen LogP contribution is -2.24. The van der Waals surface area contributed by atoms with Crippen LogP contribution < -0.4 is 0 Å². The number of carbonyl (C=O) groups is 1. The zero-order chi connectivity index (χ0) is 23.6. The van der Waals surface area contributed by atoms with E-state index in [1.807, 2.05) is 55.5 Å². The van der Waals surface area contributed by atoms with Gasteiger partial charge in [-0.1, -0.05) is 67.2 Å². The van der Waals surface area contributed by atoms with Gasteiger partial charge >= 0.3 is 5.97 Å². The molecular formula is C23H24N6O3S. The quantitative estimate of drug-likeness (QED) is 0.336. The number of carboxylic acids is 1. The fourth-order valence-corrected chi connectivity index (χ4v) is 4.49. The first-order valence-electron chi connectivity index (χ1n) is 10.4. The number of tetrazole rings is 1. The molecule has 0 bridgehead atoms. The second kappa shape index (κ2) is 9.16. The first-order chi connectivity index (χ1) is 15.8. The number of aromatic amines is 1. The van der Waals surface area contributed by atoms with E-state index in [9.17, 15) is 15.0 Å². The Morgan fingerprint density at radius 2 is 1.82 bits per heavy atom. The monoisotopic (exact) mass is 464 g/mol. The average molecular weight is 465 g/mol. The Balaban J connectivity index is 1.71. The number of hydrogen-bond acceptors (Lipinski definition) is 7. The molecule has 0 aliphatic carbocycles. The fourth-order valence-electron chi connectivity index (χ4n) is 3.77. The van der Waals surface area contributed by atoms with Gasteiger partial charge in [0.1, 0.15) is 5.60 Å². The van der Waals surface area contributed by atoms with E-state index in [0.29, 0.717) is 17.5 Å². The number of rotatable bonds is 8. The maximum atomic E-state index is 11.8. The van der Waals surface area contributed by atoms with Crippen LogP contribution in [-0.2, 0) is 12.1 Å². The molecule has 4 aromatic rings. The lowest BCUT2D eigenvalue weighted by molar-refractivity contribution is 0.0586. The molecule has 0 unspecified atom stereocenters. The molecule has 4 rings (SSSR count). The molecule has 0 radical (unpaired) electrons. The third kappa shape index (κ3) is 4.67. The molecule has 0 amide bonds. The molecule has 0 fully saturated rings. The predicted molar refractivity (Wildman–Crippen MR) is 125 cm³/mol. The van der Waals surface area contributed by atoms with E-state index in [-0.39, 0.29) is 11.4 Å². The molecular weight excluding hydrogens is 440 g/mol. The summed E-state index contributed by atoms with van der Waals surface area (Å²) < 4.78 is 1.79. The van der Waals surface area contributed by atoms with Crippen LogP contribution in [0.4, 0.5) is 0 Å². The summed E-state index contributed by atoms with van der Waals surface area (Å²) in [6, 6.07) is 15.8. The third-order valence-electron chi connectivity index (χ3n) is 5.11. The van der Waals surface area contributed by atoms with Gasteiger partial charge in [-0.05, 0) is 41.5 Å². The first-order valence-corrected chi connectivity index (χ1v) is 11.4. The number of hydrogen-bond donors (Lipinski definition) is 3. The van der Waals surface area contributed by atoms with Gasteiger partial charge in [0.2, 0.25) is 5.82 Å². The molecule has 0 saturated heterocycles. The molecule has 0 aliphatic rings. The van der Waals surface area contributed by atoms with Crippen LogP contribution in [0.15, 0.2) is 53.7 Å². The number of thioether (sulfide) groups is 1. The van der Waals surface area contributed by atoms with Crippen molar-refractivity contribution in [2.75, 3.05) is 5.75 Å². The highest BCUT2D eigenvalue weighted by Gasteiger charge is 2.32. The lowest BCUT2D eigenvalue weighted by Gasteiger charge is -2.22. The zero-order valence-corrected chi connectivity index (χ0v) is 19.3. The average Bonchev–Trinajstić information content (AvgIpc) is 3.43. The van der Waals surface area contributed by atoms with Crippen LogP contribution in [0.1, 0.15) is 42.5 Å². The van der Waals surface area contributed by atoms with Crippen LogP contribution in [0.5, 0.6) is 0 Å². The van der Waals surface area contributed by atoms with Crippen LogP contribution in [0.25, 0.3) is 22.5 Å². The Labute approximate surface area is 194 Å². The van der Waals surface area contributed by atoms with Crippen molar-refractivity contribution in [1.29, 1.82) is 0 Å².